The van der Waals surface area contributed by atoms with Crippen LogP contribution >= 0.6 is 0 Å². The number of nitrogens with one attached hydrogen (secondary N) is 2. The van der Waals surface area contributed by atoms with Gasteiger partial charge in [-0.25, -0.2) is 4.98 Å². The molecule has 0 fully saturated rings. The molecule has 2 N–H and O–H groups in total. The maximum Gasteiger partial charge on any atom is 0.191 e. The zero-order valence-corrected chi connectivity index (χ0v) is 11.5. The first kappa shape index (κ1) is 14.2. The fraction of sp³-hybridized carbons (Fsp3) is 0.769. The predicted octanol–water partition coefficient (Wildman–Crippen LogP) is 2.02. The highest BCUT2D eigenvalue weighted by molar-refractivity contribution is 5.06. The third-order valence-corrected chi connectivity index (χ3v) is 2.54. The molecule has 0 radical (unpaired) electrons. The number of hydrogen-bond donors (Lipinski definition) is 2. The first-order valence-corrected chi connectivity index (χ1v) is 6.44. The highest BCUT2D eigenvalue weighted by atomic mass is 16.4. The van der Waals surface area contributed by atoms with Crippen molar-refractivity contribution >= 4 is 0 Å². The molecular formula is C13H25N3O. The molecule has 4 nitrogen and oxygen atoms in total. The topological polar surface area (TPSA) is 50.1 Å². The summed E-state index contributed by atoms with van der Waals surface area (Å²) in [5.41, 5.74) is 0.993. The molecule has 98 valence electrons. The van der Waals surface area contributed by atoms with E-state index < -0.39 is 0 Å². The summed E-state index contributed by atoms with van der Waals surface area (Å²) in [6.45, 7) is 12.3. The Morgan fingerprint density at radius 1 is 1.18 bits per heavy atom. The minimum atomic E-state index is 0.725. The van der Waals surface area contributed by atoms with Gasteiger partial charge in [0.05, 0.1) is 12.2 Å². The maximum absolute atomic E-state index is 5.48. The molecule has 0 spiro atoms. The number of rotatable bonds is 8. The third-order valence-electron chi connectivity index (χ3n) is 2.54. The van der Waals surface area contributed by atoms with Crippen molar-refractivity contribution in [1.82, 2.24) is 15.6 Å². The minimum absolute atomic E-state index is 0.725. The zero-order chi connectivity index (χ0) is 12.7. The van der Waals surface area contributed by atoms with E-state index in [1.807, 2.05) is 13.8 Å². The lowest BCUT2D eigenvalue weighted by atomic mass is 10.2. The Labute approximate surface area is 104 Å². The molecule has 0 unspecified atom stereocenters. The number of hydrogen-bond acceptors (Lipinski definition) is 4. The minimum Gasteiger partial charge on any atom is -0.444 e. The van der Waals surface area contributed by atoms with E-state index in [0.717, 1.165) is 55.9 Å². The first-order valence-electron chi connectivity index (χ1n) is 6.44. The fourth-order valence-electron chi connectivity index (χ4n) is 1.67. The lowest BCUT2D eigenvalue weighted by molar-refractivity contribution is 0.450. The Kier molecular flexibility index (Phi) is 6.22. The highest BCUT2D eigenvalue weighted by Gasteiger charge is 2.05. The summed E-state index contributed by atoms with van der Waals surface area (Å²) in [4.78, 5) is 4.24. The third kappa shape index (κ3) is 5.84. The molecule has 0 saturated heterocycles. The predicted molar refractivity (Wildman–Crippen MR) is 70.0 cm³/mol. The lowest BCUT2D eigenvalue weighted by Gasteiger charge is -2.07. The van der Waals surface area contributed by atoms with Crippen molar-refractivity contribution in [2.24, 2.45) is 5.92 Å². The van der Waals surface area contributed by atoms with Crippen LogP contribution in [0.3, 0.4) is 0 Å². The second-order valence-electron chi connectivity index (χ2n) is 4.87. The van der Waals surface area contributed by atoms with Gasteiger partial charge in [0.1, 0.15) is 5.76 Å². The van der Waals surface area contributed by atoms with E-state index in [2.05, 4.69) is 29.5 Å². The summed E-state index contributed by atoms with van der Waals surface area (Å²) < 4.78 is 5.48. The molecule has 0 saturated carbocycles. The average Bonchev–Trinajstić information content (AvgIpc) is 2.55. The van der Waals surface area contributed by atoms with Crippen LogP contribution in [-0.2, 0) is 6.54 Å². The maximum atomic E-state index is 5.48. The zero-order valence-electron chi connectivity index (χ0n) is 11.5. The molecule has 0 bridgehead atoms. The van der Waals surface area contributed by atoms with Gasteiger partial charge in [0, 0.05) is 6.92 Å². The molecule has 1 aromatic heterocycles. The summed E-state index contributed by atoms with van der Waals surface area (Å²) >= 11 is 0. The Balaban J connectivity index is 2.03. The summed E-state index contributed by atoms with van der Waals surface area (Å²) in [6.07, 6.45) is 1.14. The van der Waals surface area contributed by atoms with Crippen LogP contribution in [0.25, 0.3) is 0 Å². The molecule has 0 aromatic carbocycles. The van der Waals surface area contributed by atoms with E-state index in [1.165, 1.54) is 0 Å². The largest absolute Gasteiger partial charge is 0.444 e. The Hall–Kier alpha value is -0.870. The Morgan fingerprint density at radius 2 is 1.88 bits per heavy atom. The highest BCUT2D eigenvalue weighted by Crippen LogP contribution is 2.08. The molecule has 1 aromatic rings. The van der Waals surface area contributed by atoms with Crippen LogP contribution in [0.4, 0.5) is 0 Å². The number of oxazole rings is 1. The average molecular weight is 239 g/mol. The normalized spacial score (nSPS) is 11.4. The van der Waals surface area contributed by atoms with E-state index in [0.29, 0.717) is 0 Å². The summed E-state index contributed by atoms with van der Waals surface area (Å²) in [6, 6.07) is 0. The Bertz CT molecular complexity index is 320. The van der Waals surface area contributed by atoms with Crippen LogP contribution in [0.2, 0.25) is 0 Å². The van der Waals surface area contributed by atoms with Crippen molar-refractivity contribution in [2.45, 2.75) is 40.7 Å². The van der Waals surface area contributed by atoms with Crippen LogP contribution < -0.4 is 10.6 Å². The second kappa shape index (κ2) is 7.45. The van der Waals surface area contributed by atoms with Crippen molar-refractivity contribution in [2.75, 3.05) is 19.6 Å². The SMILES string of the molecule is Cc1nc(C)c(CNCCCNCC(C)C)o1. The standard InChI is InChI=1S/C13H25N3O/c1-10(2)8-14-6-5-7-15-9-13-11(3)16-12(4)17-13/h10,14-15H,5-9H2,1-4H3. The monoisotopic (exact) mass is 239 g/mol. The van der Waals surface area contributed by atoms with Gasteiger partial charge in [-0.2, -0.15) is 0 Å². The van der Waals surface area contributed by atoms with E-state index in [4.69, 9.17) is 4.42 Å². The van der Waals surface area contributed by atoms with Gasteiger partial charge in [-0.05, 0) is 38.9 Å². The van der Waals surface area contributed by atoms with E-state index in [-0.39, 0.29) is 0 Å². The van der Waals surface area contributed by atoms with Crippen molar-refractivity contribution in [3.05, 3.63) is 17.3 Å². The van der Waals surface area contributed by atoms with Crippen LogP contribution in [0.1, 0.15) is 37.6 Å². The van der Waals surface area contributed by atoms with Gasteiger partial charge in [0.15, 0.2) is 5.89 Å². The summed E-state index contributed by atoms with van der Waals surface area (Å²) in [5.74, 6) is 2.43. The molecule has 0 aliphatic heterocycles. The van der Waals surface area contributed by atoms with Crippen LogP contribution in [0, 0.1) is 19.8 Å². The number of nitrogens with zero attached hydrogens (tertiary/aromatic N) is 1. The lowest BCUT2D eigenvalue weighted by Crippen LogP contribution is -2.24. The fourth-order valence-corrected chi connectivity index (χ4v) is 1.67. The van der Waals surface area contributed by atoms with Gasteiger partial charge >= 0.3 is 0 Å². The molecular weight excluding hydrogens is 214 g/mol. The van der Waals surface area contributed by atoms with Crippen LogP contribution in [-0.4, -0.2) is 24.6 Å². The van der Waals surface area contributed by atoms with E-state index in [1.54, 1.807) is 0 Å². The van der Waals surface area contributed by atoms with Gasteiger partial charge in [0.25, 0.3) is 0 Å². The molecule has 1 rings (SSSR count). The molecule has 1 heterocycles. The summed E-state index contributed by atoms with van der Waals surface area (Å²) in [5, 5.41) is 6.79. The van der Waals surface area contributed by atoms with Crippen LogP contribution in [0.5, 0.6) is 0 Å². The quantitative estimate of drug-likeness (QED) is 0.681. The van der Waals surface area contributed by atoms with E-state index in [9.17, 15) is 0 Å². The van der Waals surface area contributed by atoms with Gasteiger partial charge < -0.3 is 15.1 Å². The Morgan fingerprint density at radius 3 is 2.47 bits per heavy atom. The second-order valence-corrected chi connectivity index (χ2v) is 4.87. The first-order chi connectivity index (χ1) is 8.09. The number of aryl methyl sites for hydroxylation is 2. The van der Waals surface area contributed by atoms with Gasteiger partial charge in [-0.15, -0.1) is 0 Å². The number of aromatic nitrogens is 1. The van der Waals surface area contributed by atoms with Crippen molar-refractivity contribution in [3.63, 3.8) is 0 Å². The van der Waals surface area contributed by atoms with Gasteiger partial charge in [0.2, 0.25) is 0 Å². The van der Waals surface area contributed by atoms with Gasteiger partial charge in [-0.1, -0.05) is 13.8 Å². The molecule has 0 atom stereocenters. The molecule has 0 aliphatic carbocycles. The molecule has 0 amide bonds. The molecule has 4 heteroatoms. The van der Waals surface area contributed by atoms with E-state index >= 15 is 0 Å². The smallest absolute Gasteiger partial charge is 0.191 e. The molecule has 0 aliphatic rings. The molecule has 17 heavy (non-hydrogen) atoms. The van der Waals surface area contributed by atoms with Crippen molar-refractivity contribution in [1.29, 1.82) is 0 Å². The van der Waals surface area contributed by atoms with Crippen molar-refractivity contribution in [3.8, 4) is 0 Å². The van der Waals surface area contributed by atoms with Crippen molar-refractivity contribution < 1.29 is 4.42 Å². The summed E-state index contributed by atoms with van der Waals surface area (Å²) in [7, 11) is 0. The van der Waals surface area contributed by atoms with Crippen LogP contribution in [0.15, 0.2) is 4.42 Å². The van der Waals surface area contributed by atoms with Gasteiger partial charge in [-0.3, -0.25) is 0 Å².